The Morgan fingerprint density at radius 3 is 2.47 bits per heavy atom. The molecule has 0 radical (unpaired) electrons. The van der Waals surface area contributed by atoms with Gasteiger partial charge in [0.15, 0.2) is 5.96 Å². The third-order valence-electron chi connectivity index (χ3n) is 2.35. The van der Waals surface area contributed by atoms with Crippen LogP contribution in [0.4, 0.5) is 0 Å². The quantitative estimate of drug-likeness (QED) is 0.481. The van der Waals surface area contributed by atoms with Crippen LogP contribution < -0.4 is 10.6 Å². The van der Waals surface area contributed by atoms with Crippen molar-refractivity contribution in [3.63, 3.8) is 0 Å². The molecular weight excluding hydrogens is 355 g/mol. The smallest absolute Gasteiger partial charge is 0.213 e. The predicted molar refractivity (Wildman–Crippen MR) is 89.1 cm³/mol. The summed E-state index contributed by atoms with van der Waals surface area (Å²) in [5.74, 6) is 2.32. The van der Waals surface area contributed by atoms with Crippen LogP contribution in [0.2, 0.25) is 0 Å². The van der Waals surface area contributed by atoms with Crippen molar-refractivity contribution < 1.29 is 4.42 Å². The van der Waals surface area contributed by atoms with E-state index in [1.807, 2.05) is 0 Å². The number of halogens is 1. The maximum Gasteiger partial charge on any atom is 0.213 e. The number of aromatic nitrogens is 1. The molecule has 5 nitrogen and oxygen atoms in total. The summed E-state index contributed by atoms with van der Waals surface area (Å²) >= 11 is 0. The number of rotatable bonds is 3. The Bertz CT molecular complexity index is 407. The molecule has 1 aromatic rings. The fraction of sp³-hybridized carbons (Fsp3) is 0.692. The zero-order valence-electron chi connectivity index (χ0n) is 12.6. The van der Waals surface area contributed by atoms with E-state index >= 15 is 0 Å². The molecule has 0 saturated carbocycles. The normalized spacial score (nSPS) is 12.3. The first-order chi connectivity index (χ1) is 8.32. The SMILES string of the molecule is CN=C(NCc1ncc(C(C)(C)C)o1)NC(C)C.I. The van der Waals surface area contributed by atoms with E-state index < -0.39 is 0 Å². The predicted octanol–water partition coefficient (Wildman–Crippen LogP) is 2.66. The largest absolute Gasteiger partial charge is 0.443 e. The topological polar surface area (TPSA) is 62.5 Å². The Kier molecular flexibility index (Phi) is 7.39. The Morgan fingerprint density at radius 1 is 1.42 bits per heavy atom. The molecule has 0 atom stereocenters. The van der Waals surface area contributed by atoms with Gasteiger partial charge in [-0.25, -0.2) is 4.98 Å². The molecule has 0 aliphatic carbocycles. The van der Waals surface area contributed by atoms with Gasteiger partial charge in [0, 0.05) is 18.5 Å². The molecule has 1 heterocycles. The minimum Gasteiger partial charge on any atom is -0.443 e. The maximum atomic E-state index is 5.69. The molecule has 2 N–H and O–H groups in total. The molecule has 0 unspecified atom stereocenters. The van der Waals surface area contributed by atoms with Gasteiger partial charge in [-0.2, -0.15) is 0 Å². The summed E-state index contributed by atoms with van der Waals surface area (Å²) in [6.45, 7) is 11.0. The second-order valence-corrected chi connectivity index (χ2v) is 5.59. The number of hydrogen-bond acceptors (Lipinski definition) is 3. The first-order valence-corrected chi connectivity index (χ1v) is 6.25. The molecule has 0 saturated heterocycles. The third kappa shape index (κ3) is 6.26. The van der Waals surface area contributed by atoms with Gasteiger partial charge in [-0.05, 0) is 13.8 Å². The lowest BCUT2D eigenvalue weighted by Crippen LogP contribution is -2.40. The Hall–Kier alpha value is -0.790. The maximum absolute atomic E-state index is 5.69. The Labute approximate surface area is 132 Å². The molecular formula is C13H25IN4O. The average molecular weight is 380 g/mol. The molecule has 0 bridgehead atoms. The van der Waals surface area contributed by atoms with Gasteiger partial charge in [-0.1, -0.05) is 20.8 Å². The second-order valence-electron chi connectivity index (χ2n) is 5.59. The highest BCUT2D eigenvalue weighted by molar-refractivity contribution is 14.0. The molecule has 0 aliphatic heterocycles. The molecule has 0 aromatic carbocycles. The summed E-state index contributed by atoms with van der Waals surface area (Å²) in [6.07, 6.45) is 1.79. The summed E-state index contributed by atoms with van der Waals surface area (Å²) in [5, 5.41) is 6.37. The summed E-state index contributed by atoms with van der Waals surface area (Å²) in [5.41, 5.74) is -0.0108. The Balaban J connectivity index is 0.00000324. The van der Waals surface area contributed by atoms with Gasteiger partial charge in [0.25, 0.3) is 0 Å². The molecule has 6 heteroatoms. The van der Waals surface area contributed by atoms with Crippen molar-refractivity contribution >= 4 is 29.9 Å². The van der Waals surface area contributed by atoms with E-state index in [0.717, 1.165) is 11.7 Å². The van der Waals surface area contributed by atoms with Gasteiger partial charge in [0.2, 0.25) is 5.89 Å². The van der Waals surface area contributed by atoms with Crippen molar-refractivity contribution in [2.24, 2.45) is 4.99 Å². The van der Waals surface area contributed by atoms with Crippen LogP contribution in [0.25, 0.3) is 0 Å². The highest BCUT2D eigenvalue weighted by Crippen LogP contribution is 2.22. The molecule has 1 rings (SSSR count). The van der Waals surface area contributed by atoms with Crippen molar-refractivity contribution in [2.45, 2.75) is 52.6 Å². The van der Waals surface area contributed by atoms with Gasteiger partial charge in [-0.3, -0.25) is 4.99 Å². The molecule has 0 fully saturated rings. The van der Waals surface area contributed by atoms with E-state index in [1.54, 1.807) is 13.2 Å². The fourth-order valence-corrected chi connectivity index (χ4v) is 1.37. The van der Waals surface area contributed by atoms with Crippen LogP contribution in [-0.2, 0) is 12.0 Å². The summed E-state index contributed by atoms with van der Waals surface area (Å²) in [4.78, 5) is 8.38. The van der Waals surface area contributed by atoms with Gasteiger partial charge in [-0.15, -0.1) is 24.0 Å². The number of hydrogen-bond donors (Lipinski definition) is 2. The first kappa shape index (κ1) is 18.2. The molecule has 110 valence electrons. The van der Waals surface area contributed by atoms with Gasteiger partial charge in [0.1, 0.15) is 5.76 Å². The van der Waals surface area contributed by atoms with E-state index in [0.29, 0.717) is 18.5 Å². The van der Waals surface area contributed by atoms with Crippen molar-refractivity contribution in [3.8, 4) is 0 Å². The van der Waals surface area contributed by atoms with Gasteiger partial charge in [0.05, 0.1) is 12.7 Å². The van der Waals surface area contributed by atoms with Crippen LogP contribution in [0.15, 0.2) is 15.6 Å². The number of guanidine groups is 1. The van der Waals surface area contributed by atoms with Gasteiger partial charge < -0.3 is 15.1 Å². The minimum atomic E-state index is -0.0108. The van der Waals surface area contributed by atoms with Crippen molar-refractivity contribution in [1.29, 1.82) is 0 Å². The van der Waals surface area contributed by atoms with Crippen LogP contribution in [0.3, 0.4) is 0 Å². The third-order valence-corrected chi connectivity index (χ3v) is 2.35. The average Bonchev–Trinajstić information content (AvgIpc) is 2.71. The van der Waals surface area contributed by atoms with Crippen LogP contribution >= 0.6 is 24.0 Å². The number of nitrogens with zero attached hydrogens (tertiary/aromatic N) is 2. The lowest BCUT2D eigenvalue weighted by molar-refractivity contribution is 0.379. The first-order valence-electron chi connectivity index (χ1n) is 6.25. The number of oxazole rings is 1. The summed E-state index contributed by atoms with van der Waals surface area (Å²) in [7, 11) is 1.74. The molecule has 0 aliphatic rings. The van der Waals surface area contributed by atoms with Crippen LogP contribution in [-0.4, -0.2) is 24.0 Å². The summed E-state index contributed by atoms with van der Waals surface area (Å²) < 4.78 is 5.69. The van der Waals surface area contributed by atoms with Crippen LogP contribution in [0.1, 0.15) is 46.3 Å². The highest BCUT2D eigenvalue weighted by atomic mass is 127. The van der Waals surface area contributed by atoms with E-state index in [4.69, 9.17) is 4.42 Å². The zero-order valence-corrected chi connectivity index (χ0v) is 14.9. The van der Waals surface area contributed by atoms with E-state index in [9.17, 15) is 0 Å². The number of aliphatic imine (C=N–C) groups is 1. The van der Waals surface area contributed by atoms with Crippen LogP contribution in [0, 0.1) is 0 Å². The molecule has 1 aromatic heterocycles. The van der Waals surface area contributed by atoms with Crippen LogP contribution in [0.5, 0.6) is 0 Å². The summed E-state index contributed by atoms with van der Waals surface area (Å²) in [6, 6.07) is 0.339. The Morgan fingerprint density at radius 2 is 2.05 bits per heavy atom. The fourth-order valence-electron chi connectivity index (χ4n) is 1.37. The van der Waals surface area contributed by atoms with E-state index in [-0.39, 0.29) is 29.4 Å². The monoisotopic (exact) mass is 380 g/mol. The minimum absolute atomic E-state index is 0. The standard InChI is InChI=1S/C13H24N4O.HI/c1-9(2)17-12(14-6)16-8-11-15-7-10(18-11)13(3,4)5;/h7,9H,8H2,1-6H3,(H2,14,16,17);1H. The van der Waals surface area contributed by atoms with Crippen molar-refractivity contribution in [3.05, 3.63) is 17.8 Å². The van der Waals surface area contributed by atoms with E-state index in [1.165, 1.54) is 0 Å². The zero-order chi connectivity index (χ0) is 13.8. The lowest BCUT2D eigenvalue weighted by atomic mass is 9.94. The van der Waals surface area contributed by atoms with Crippen molar-refractivity contribution in [1.82, 2.24) is 15.6 Å². The molecule has 19 heavy (non-hydrogen) atoms. The number of nitrogens with one attached hydrogen (secondary N) is 2. The van der Waals surface area contributed by atoms with Crippen molar-refractivity contribution in [2.75, 3.05) is 7.05 Å². The molecule has 0 amide bonds. The highest BCUT2D eigenvalue weighted by Gasteiger charge is 2.19. The molecule has 0 spiro atoms. The second kappa shape index (κ2) is 7.72. The lowest BCUT2D eigenvalue weighted by Gasteiger charge is -2.14. The van der Waals surface area contributed by atoms with Gasteiger partial charge >= 0.3 is 0 Å². The van der Waals surface area contributed by atoms with E-state index in [2.05, 4.69) is 55.2 Å².